The van der Waals surface area contributed by atoms with Gasteiger partial charge >= 0.3 is 5.69 Å². The number of hydrogen-bond acceptors (Lipinski definition) is 7. The maximum Gasteiger partial charge on any atom is 0.330 e. The summed E-state index contributed by atoms with van der Waals surface area (Å²) in [5.74, 6) is 11.0. The highest BCUT2D eigenvalue weighted by Gasteiger charge is 2.35. The van der Waals surface area contributed by atoms with E-state index in [-0.39, 0.29) is 43.2 Å². The quantitative estimate of drug-likeness (QED) is 0.314. The standard InChI is InChI=1S/C31H28N4O7/c36-19-26-25(37)16-29(42-26)35-18-23(30(40)33-31(35)41)9-5-15-32-27(38)13-14-28(39)34-17-22-8-2-1-6-20(22)11-12-21-7-3-4-10-24(21)34/h1-4,6-8,10,18,25-26,29,36-37H,13-17,19H2,(H,32,38)(H,33,40,41)/t25-,26+,29+/m0/s1. The number of rotatable bonds is 6. The van der Waals surface area contributed by atoms with Crippen molar-refractivity contribution in [2.45, 2.75) is 44.2 Å². The molecule has 214 valence electrons. The van der Waals surface area contributed by atoms with Crippen molar-refractivity contribution in [1.82, 2.24) is 14.9 Å². The zero-order valence-corrected chi connectivity index (χ0v) is 22.5. The summed E-state index contributed by atoms with van der Waals surface area (Å²) in [5, 5.41) is 21.8. The summed E-state index contributed by atoms with van der Waals surface area (Å²) >= 11 is 0. The van der Waals surface area contributed by atoms with Crippen molar-refractivity contribution < 1.29 is 24.5 Å². The Hall–Kier alpha value is -4.94. The third kappa shape index (κ3) is 6.35. The van der Waals surface area contributed by atoms with E-state index in [9.17, 15) is 29.4 Å². The Kier molecular flexibility index (Phi) is 8.65. The van der Waals surface area contributed by atoms with Crippen molar-refractivity contribution in [1.29, 1.82) is 0 Å². The van der Waals surface area contributed by atoms with Crippen LogP contribution in [0.4, 0.5) is 5.69 Å². The minimum absolute atomic E-state index is 0.0318. The first-order valence-corrected chi connectivity index (χ1v) is 13.4. The van der Waals surface area contributed by atoms with Crippen LogP contribution < -0.4 is 21.5 Å². The lowest BCUT2D eigenvalue weighted by molar-refractivity contribution is -0.125. The maximum absolute atomic E-state index is 13.3. The van der Waals surface area contributed by atoms with Gasteiger partial charge in [0, 0.05) is 36.6 Å². The van der Waals surface area contributed by atoms with E-state index in [0.717, 1.165) is 21.3 Å². The molecule has 11 nitrogen and oxygen atoms in total. The molecular formula is C31H28N4O7. The highest BCUT2D eigenvalue weighted by Crippen LogP contribution is 2.28. The number of carbonyl (C=O) groups is 2. The van der Waals surface area contributed by atoms with Crippen molar-refractivity contribution in [3.05, 3.63) is 97.8 Å². The fourth-order valence-corrected chi connectivity index (χ4v) is 4.77. The monoisotopic (exact) mass is 568 g/mol. The summed E-state index contributed by atoms with van der Waals surface area (Å²) in [4.78, 5) is 54.0. The van der Waals surface area contributed by atoms with Crippen LogP contribution in [0, 0.1) is 23.7 Å². The van der Waals surface area contributed by atoms with Crippen LogP contribution in [0.1, 0.15) is 47.7 Å². The molecule has 3 aromatic rings. The van der Waals surface area contributed by atoms with E-state index < -0.39 is 36.3 Å². The van der Waals surface area contributed by atoms with Crippen molar-refractivity contribution in [2.24, 2.45) is 0 Å². The average molecular weight is 569 g/mol. The van der Waals surface area contributed by atoms with Gasteiger partial charge in [-0.25, -0.2) is 4.79 Å². The summed E-state index contributed by atoms with van der Waals surface area (Å²) < 4.78 is 6.58. The Bertz CT molecular complexity index is 1750. The molecule has 0 saturated carbocycles. The van der Waals surface area contributed by atoms with Crippen LogP contribution in [0.5, 0.6) is 0 Å². The SMILES string of the molecule is O=C(CCC(=O)N1Cc2ccccc2C#Cc2ccccc21)NCC#Cc1cn([C@H]2C[C@H](O)[C@@H](CO)O2)c(=O)[nH]c1=O. The lowest BCUT2D eigenvalue weighted by Crippen LogP contribution is -2.34. The Labute approximate surface area is 240 Å². The van der Waals surface area contributed by atoms with E-state index in [1.54, 1.807) is 4.90 Å². The number of nitrogens with one attached hydrogen (secondary N) is 2. The van der Waals surface area contributed by atoms with Crippen molar-refractivity contribution in [3.63, 3.8) is 0 Å². The molecule has 1 fully saturated rings. The van der Waals surface area contributed by atoms with Gasteiger partial charge in [0.15, 0.2) is 0 Å². The number of amides is 2. The molecule has 0 bridgehead atoms. The van der Waals surface area contributed by atoms with Crippen LogP contribution in [-0.4, -0.2) is 56.9 Å². The van der Waals surface area contributed by atoms with Gasteiger partial charge in [-0.1, -0.05) is 54.0 Å². The molecule has 0 aliphatic carbocycles. The molecule has 0 spiro atoms. The number of benzene rings is 2. The van der Waals surface area contributed by atoms with E-state index in [1.807, 2.05) is 48.5 Å². The predicted molar refractivity (Wildman–Crippen MR) is 152 cm³/mol. The van der Waals surface area contributed by atoms with E-state index in [4.69, 9.17) is 4.74 Å². The van der Waals surface area contributed by atoms with Gasteiger partial charge in [-0.2, -0.15) is 0 Å². The maximum atomic E-state index is 13.3. The van der Waals surface area contributed by atoms with Crippen molar-refractivity contribution >= 4 is 17.5 Å². The number of para-hydroxylation sites is 1. The second-order valence-electron chi connectivity index (χ2n) is 9.81. The number of hydrogen-bond donors (Lipinski definition) is 4. The van der Waals surface area contributed by atoms with E-state index in [2.05, 4.69) is 34.0 Å². The summed E-state index contributed by atoms with van der Waals surface area (Å²) in [6.45, 7) is -0.177. The van der Waals surface area contributed by atoms with Crippen LogP contribution in [0.3, 0.4) is 0 Å². The van der Waals surface area contributed by atoms with Crippen molar-refractivity contribution in [3.8, 4) is 23.7 Å². The molecule has 1 saturated heterocycles. The smallest absolute Gasteiger partial charge is 0.330 e. The summed E-state index contributed by atoms with van der Waals surface area (Å²) in [6, 6.07) is 15.0. The lowest BCUT2D eigenvalue weighted by Gasteiger charge is -2.26. The average Bonchev–Trinajstić information content (AvgIpc) is 3.36. The number of anilines is 1. The van der Waals surface area contributed by atoms with Gasteiger partial charge < -0.3 is 25.2 Å². The predicted octanol–water partition coefficient (Wildman–Crippen LogP) is 0.372. The minimum Gasteiger partial charge on any atom is -0.394 e. The second kappa shape index (κ2) is 12.7. The highest BCUT2D eigenvalue weighted by molar-refractivity contribution is 5.96. The molecule has 0 radical (unpaired) electrons. The number of H-pyrrole nitrogens is 1. The van der Waals surface area contributed by atoms with Crippen LogP contribution in [0.25, 0.3) is 0 Å². The number of fused-ring (bicyclic) bond motifs is 2. The molecule has 1 aromatic heterocycles. The van der Waals surface area contributed by atoms with E-state index >= 15 is 0 Å². The number of nitrogens with zero attached hydrogens (tertiary/aromatic N) is 2. The molecule has 5 rings (SSSR count). The molecule has 42 heavy (non-hydrogen) atoms. The molecule has 0 unspecified atom stereocenters. The zero-order valence-electron chi connectivity index (χ0n) is 22.5. The summed E-state index contributed by atoms with van der Waals surface area (Å²) in [5.41, 5.74) is 1.69. The van der Waals surface area contributed by atoms with Gasteiger partial charge in [0.1, 0.15) is 17.9 Å². The molecule has 11 heteroatoms. The van der Waals surface area contributed by atoms with Gasteiger partial charge in [0.2, 0.25) is 11.8 Å². The topological polar surface area (TPSA) is 154 Å². The number of aromatic amines is 1. The zero-order chi connectivity index (χ0) is 29.6. The van der Waals surface area contributed by atoms with Crippen LogP contribution in [0.15, 0.2) is 64.3 Å². The van der Waals surface area contributed by atoms with Crippen molar-refractivity contribution in [2.75, 3.05) is 18.1 Å². The first kappa shape index (κ1) is 28.6. The molecule has 2 amide bonds. The van der Waals surface area contributed by atoms with Gasteiger partial charge in [-0.05, 0) is 23.8 Å². The molecular weight excluding hydrogens is 540 g/mol. The summed E-state index contributed by atoms with van der Waals surface area (Å²) in [6.07, 6.45) is -1.49. The Morgan fingerprint density at radius 3 is 2.60 bits per heavy atom. The third-order valence-electron chi connectivity index (χ3n) is 7.00. The number of ether oxygens (including phenoxy) is 1. The molecule has 3 atom stereocenters. The van der Waals surface area contributed by atoms with Crippen LogP contribution >= 0.6 is 0 Å². The normalized spacial score (nSPS) is 18.7. The van der Waals surface area contributed by atoms with Gasteiger partial charge in [0.25, 0.3) is 5.56 Å². The first-order valence-electron chi connectivity index (χ1n) is 13.4. The second-order valence-corrected chi connectivity index (χ2v) is 9.81. The number of carbonyl (C=O) groups excluding carboxylic acids is 2. The van der Waals surface area contributed by atoms with E-state index in [0.29, 0.717) is 12.2 Å². The Morgan fingerprint density at radius 1 is 1.07 bits per heavy atom. The molecule has 4 N–H and O–H groups in total. The number of aliphatic hydroxyl groups is 2. The Morgan fingerprint density at radius 2 is 1.81 bits per heavy atom. The fourth-order valence-electron chi connectivity index (χ4n) is 4.77. The van der Waals surface area contributed by atoms with Gasteiger partial charge in [-0.15, -0.1) is 0 Å². The van der Waals surface area contributed by atoms with Gasteiger partial charge in [0.05, 0.1) is 31.5 Å². The molecule has 2 aliphatic heterocycles. The highest BCUT2D eigenvalue weighted by atomic mass is 16.5. The molecule has 3 heterocycles. The number of aromatic nitrogens is 2. The molecule has 2 aromatic carbocycles. The third-order valence-corrected chi connectivity index (χ3v) is 7.00. The van der Waals surface area contributed by atoms with E-state index in [1.165, 1.54) is 6.20 Å². The number of aliphatic hydroxyl groups excluding tert-OH is 2. The fraction of sp³-hybridized carbons (Fsp3) is 0.290. The Balaban J connectivity index is 1.20. The van der Waals surface area contributed by atoms with Gasteiger partial charge in [-0.3, -0.25) is 23.9 Å². The van der Waals surface area contributed by atoms with Crippen LogP contribution in [0.2, 0.25) is 0 Å². The first-order chi connectivity index (χ1) is 20.3. The van der Waals surface area contributed by atoms with Crippen LogP contribution in [-0.2, 0) is 20.9 Å². The largest absolute Gasteiger partial charge is 0.394 e. The minimum atomic E-state index is -0.960. The summed E-state index contributed by atoms with van der Waals surface area (Å²) in [7, 11) is 0. The lowest BCUT2D eigenvalue weighted by atomic mass is 10.0. The molecule has 2 aliphatic rings.